The van der Waals surface area contributed by atoms with Gasteiger partial charge in [0, 0.05) is 17.6 Å². The number of hydrogen-bond acceptors (Lipinski definition) is 5. The highest BCUT2D eigenvalue weighted by molar-refractivity contribution is 5.87. The van der Waals surface area contributed by atoms with Crippen molar-refractivity contribution in [3.05, 3.63) is 70.7 Å². The van der Waals surface area contributed by atoms with E-state index in [0.717, 1.165) is 16.3 Å². The summed E-state index contributed by atoms with van der Waals surface area (Å²) in [6, 6.07) is 13.0. The largest absolute Gasteiger partial charge is 0.463 e. The molecule has 0 radical (unpaired) electrons. The molecule has 0 aliphatic heterocycles. The monoisotopic (exact) mass is 345 g/mol. The van der Waals surface area contributed by atoms with E-state index in [4.69, 9.17) is 9.15 Å². The minimum atomic E-state index is -0.165. The summed E-state index contributed by atoms with van der Waals surface area (Å²) < 4.78 is 10.6. The van der Waals surface area contributed by atoms with Gasteiger partial charge in [-0.15, -0.1) is 0 Å². The van der Waals surface area contributed by atoms with Gasteiger partial charge in [0.05, 0.1) is 16.6 Å². The fourth-order valence-corrected chi connectivity index (χ4v) is 3.05. The summed E-state index contributed by atoms with van der Waals surface area (Å²) in [5.41, 5.74) is 1.93. The second-order valence-electron chi connectivity index (χ2n) is 5.92. The summed E-state index contributed by atoms with van der Waals surface area (Å²) in [4.78, 5) is 28.1. The lowest BCUT2D eigenvalue weighted by atomic mass is 10.0. The smallest absolute Gasteiger partial charge is 0.298 e. The average Bonchev–Trinajstić information content (AvgIpc) is 2.68. The number of hydrogen-bond donors (Lipinski definition) is 0. The average molecular weight is 345 g/mol. The Morgan fingerprint density at radius 1 is 1.15 bits per heavy atom. The van der Waals surface area contributed by atoms with Crippen LogP contribution in [-0.4, -0.2) is 11.5 Å². The molecule has 26 heavy (non-hydrogen) atoms. The maximum Gasteiger partial charge on any atom is 0.298 e. The Labute approximate surface area is 148 Å². The van der Waals surface area contributed by atoms with Crippen molar-refractivity contribution in [2.75, 3.05) is 0 Å². The fraction of sp³-hybridized carbons (Fsp3) is 0.0952. The molecule has 0 amide bonds. The first-order valence-corrected chi connectivity index (χ1v) is 8.25. The van der Waals surface area contributed by atoms with Crippen LogP contribution in [-0.2, 0) is 11.2 Å². The van der Waals surface area contributed by atoms with Crippen molar-refractivity contribution in [1.29, 1.82) is 0 Å². The molecule has 5 heteroatoms. The van der Waals surface area contributed by atoms with E-state index in [2.05, 4.69) is 4.98 Å². The number of carbonyl (C=O) groups is 1. The number of fused-ring (bicyclic) bond motifs is 2. The standard InChI is InChI=1S/C21H15NO4/c1-2-13-7-16-20(9-19(13)26-12-23)25-11-17(21(16)24)18-8-14-5-3-4-6-15(14)10-22-18/h3-12H,2H2,1H3. The Morgan fingerprint density at radius 2 is 1.96 bits per heavy atom. The van der Waals surface area contributed by atoms with Crippen LogP contribution >= 0.6 is 0 Å². The molecule has 2 aromatic carbocycles. The molecule has 2 heterocycles. The predicted octanol–water partition coefficient (Wildman–Crippen LogP) is 4.11. The molecule has 0 atom stereocenters. The summed E-state index contributed by atoms with van der Waals surface area (Å²) in [5, 5.41) is 2.44. The van der Waals surface area contributed by atoms with Crippen LogP contribution in [0.1, 0.15) is 12.5 Å². The summed E-state index contributed by atoms with van der Waals surface area (Å²) in [7, 11) is 0. The van der Waals surface area contributed by atoms with Crippen LogP contribution in [0.5, 0.6) is 5.75 Å². The minimum absolute atomic E-state index is 0.165. The van der Waals surface area contributed by atoms with E-state index < -0.39 is 0 Å². The van der Waals surface area contributed by atoms with E-state index in [1.165, 1.54) is 6.26 Å². The molecule has 0 aliphatic carbocycles. The Kier molecular flexibility index (Phi) is 3.97. The molecule has 4 aromatic rings. The number of rotatable bonds is 4. The van der Waals surface area contributed by atoms with Crippen LogP contribution < -0.4 is 10.2 Å². The van der Waals surface area contributed by atoms with Crippen LogP contribution in [0, 0.1) is 0 Å². The van der Waals surface area contributed by atoms with Gasteiger partial charge in [0.15, 0.2) is 0 Å². The Morgan fingerprint density at radius 3 is 2.73 bits per heavy atom. The van der Waals surface area contributed by atoms with Gasteiger partial charge in [0.2, 0.25) is 5.43 Å². The van der Waals surface area contributed by atoms with Crippen molar-refractivity contribution in [3.63, 3.8) is 0 Å². The van der Waals surface area contributed by atoms with Crippen LogP contribution in [0.25, 0.3) is 33.0 Å². The van der Waals surface area contributed by atoms with Gasteiger partial charge < -0.3 is 9.15 Å². The molecule has 0 saturated carbocycles. The lowest BCUT2D eigenvalue weighted by molar-refractivity contribution is -0.120. The van der Waals surface area contributed by atoms with Crippen molar-refractivity contribution >= 4 is 28.2 Å². The van der Waals surface area contributed by atoms with Gasteiger partial charge in [0.1, 0.15) is 17.6 Å². The van der Waals surface area contributed by atoms with Gasteiger partial charge in [-0.2, -0.15) is 0 Å². The molecule has 0 spiro atoms. The number of carbonyl (C=O) groups excluding carboxylic acids is 1. The Hall–Kier alpha value is -3.47. The highest BCUT2D eigenvalue weighted by atomic mass is 16.5. The second kappa shape index (κ2) is 6.44. The topological polar surface area (TPSA) is 69.4 Å². The van der Waals surface area contributed by atoms with Crippen molar-refractivity contribution < 1.29 is 13.9 Å². The van der Waals surface area contributed by atoms with Crippen LogP contribution in [0.2, 0.25) is 0 Å². The fourth-order valence-electron chi connectivity index (χ4n) is 3.05. The van der Waals surface area contributed by atoms with Gasteiger partial charge in [-0.3, -0.25) is 14.6 Å². The molecular weight excluding hydrogens is 330 g/mol. The molecule has 0 N–H and O–H groups in total. The normalized spacial score (nSPS) is 11.0. The van der Waals surface area contributed by atoms with Crippen molar-refractivity contribution in [2.24, 2.45) is 0 Å². The summed E-state index contributed by atoms with van der Waals surface area (Å²) >= 11 is 0. The first kappa shape index (κ1) is 16.0. The third-order valence-electron chi connectivity index (χ3n) is 4.42. The Bertz CT molecular complexity index is 1190. The van der Waals surface area contributed by atoms with E-state index in [1.807, 2.05) is 37.3 Å². The molecule has 0 fully saturated rings. The number of ether oxygens (including phenoxy) is 1. The van der Waals surface area contributed by atoms with Crippen LogP contribution in [0.4, 0.5) is 0 Å². The summed E-state index contributed by atoms with van der Waals surface area (Å²) in [5.74, 6) is 0.398. The van der Waals surface area contributed by atoms with E-state index in [9.17, 15) is 9.59 Å². The summed E-state index contributed by atoms with van der Waals surface area (Å²) in [6.07, 6.45) is 3.77. The highest BCUT2D eigenvalue weighted by Gasteiger charge is 2.14. The molecule has 0 saturated heterocycles. The zero-order chi connectivity index (χ0) is 18.1. The van der Waals surface area contributed by atoms with Gasteiger partial charge in [-0.1, -0.05) is 31.2 Å². The minimum Gasteiger partial charge on any atom is -0.463 e. The van der Waals surface area contributed by atoms with E-state index in [1.54, 1.807) is 18.3 Å². The Balaban J connectivity index is 1.92. The lowest BCUT2D eigenvalue weighted by Gasteiger charge is -2.08. The number of aromatic nitrogens is 1. The van der Waals surface area contributed by atoms with E-state index in [0.29, 0.717) is 40.9 Å². The summed E-state index contributed by atoms with van der Waals surface area (Å²) in [6.45, 7) is 2.29. The molecule has 2 aromatic heterocycles. The first-order chi connectivity index (χ1) is 12.7. The molecule has 128 valence electrons. The molecular formula is C21H15NO4. The zero-order valence-corrected chi connectivity index (χ0v) is 14.1. The van der Waals surface area contributed by atoms with Gasteiger partial charge >= 0.3 is 0 Å². The molecule has 0 bridgehead atoms. The van der Waals surface area contributed by atoms with Crippen molar-refractivity contribution in [3.8, 4) is 17.0 Å². The van der Waals surface area contributed by atoms with Crippen molar-refractivity contribution in [2.45, 2.75) is 13.3 Å². The van der Waals surface area contributed by atoms with E-state index >= 15 is 0 Å². The maximum absolute atomic E-state index is 13.0. The quantitative estimate of drug-likeness (QED) is 0.521. The zero-order valence-electron chi connectivity index (χ0n) is 14.1. The SMILES string of the molecule is CCc1cc2c(=O)c(-c3cc4ccccc4cn3)coc2cc1OC=O. The number of aryl methyl sites for hydroxylation is 1. The third kappa shape index (κ3) is 2.63. The third-order valence-corrected chi connectivity index (χ3v) is 4.42. The second-order valence-corrected chi connectivity index (χ2v) is 5.92. The highest BCUT2D eigenvalue weighted by Crippen LogP contribution is 2.27. The molecule has 0 aliphatic rings. The van der Waals surface area contributed by atoms with Gasteiger partial charge in [0.25, 0.3) is 6.47 Å². The van der Waals surface area contributed by atoms with Crippen LogP contribution in [0.15, 0.2) is 64.1 Å². The number of benzene rings is 2. The lowest BCUT2D eigenvalue weighted by Crippen LogP contribution is -2.07. The number of pyridine rings is 1. The number of nitrogens with zero attached hydrogens (tertiary/aromatic N) is 1. The molecule has 5 nitrogen and oxygen atoms in total. The molecule has 0 unspecified atom stereocenters. The van der Waals surface area contributed by atoms with Crippen LogP contribution in [0.3, 0.4) is 0 Å². The van der Waals surface area contributed by atoms with Gasteiger partial charge in [-0.05, 0) is 29.5 Å². The molecule has 4 rings (SSSR count). The predicted molar refractivity (Wildman–Crippen MR) is 99.3 cm³/mol. The maximum atomic E-state index is 13.0. The van der Waals surface area contributed by atoms with Crippen molar-refractivity contribution in [1.82, 2.24) is 4.98 Å². The van der Waals surface area contributed by atoms with E-state index in [-0.39, 0.29) is 5.43 Å². The first-order valence-electron chi connectivity index (χ1n) is 8.25. The van der Waals surface area contributed by atoms with Gasteiger partial charge in [-0.25, -0.2) is 0 Å².